The molecule has 0 spiro atoms. The van der Waals surface area contributed by atoms with Gasteiger partial charge in [-0.2, -0.15) is 10.2 Å². The third-order valence-electron chi connectivity index (χ3n) is 4.99. The molecule has 28 heavy (non-hydrogen) atoms. The van der Waals surface area contributed by atoms with Crippen LogP contribution in [0.5, 0.6) is 0 Å². The molecule has 1 aliphatic rings. The van der Waals surface area contributed by atoms with Gasteiger partial charge in [0, 0.05) is 11.3 Å². The summed E-state index contributed by atoms with van der Waals surface area (Å²) in [6, 6.07) is 11.9. The Bertz CT molecular complexity index is 1220. The van der Waals surface area contributed by atoms with E-state index >= 15 is 0 Å². The van der Waals surface area contributed by atoms with Crippen LogP contribution in [0.25, 0.3) is 16.6 Å². The summed E-state index contributed by atoms with van der Waals surface area (Å²) in [5.74, 6) is -0.365. The number of fused-ring (bicyclic) bond motifs is 1. The first-order valence-corrected chi connectivity index (χ1v) is 9.09. The van der Waals surface area contributed by atoms with Crippen LogP contribution in [0.1, 0.15) is 30.0 Å². The van der Waals surface area contributed by atoms with Gasteiger partial charge in [0.05, 0.1) is 24.1 Å². The van der Waals surface area contributed by atoms with Crippen molar-refractivity contribution in [1.82, 2.24) is 19.6 Å². The molecule has 7 heteroatoms. The van der Waals surface area contributed by atoms with E-state index in [2.05, 4.69) is 10.2 Å². The van der Waals surface area contributed by atoms with Gasteiger partial charge in [-0.05, 0) is 54.8 Å². The predicted molar refractivity (Wildman–Crippen MR) is 101 cm³/mol. The Morgan fingerprint density at radius 3 is 2.25 bits per heavy atom. The van der Waals surface area contributed by atoms with Gasteiger partial charge in [-0.25, -0.2) is 18.1 Å². The van der Waals surface area contributed by atoms with Crippen molar-refractivity contribution in [2.75, 3.05) is 0 Å². The fourth-order valence-electron chi connectivity index (χ4n) is 3.40. The van der Waals surface area contributed by atoms with Gasteiger partial charge in [-0.15, -0.1) is 0 Å². The number of hydrogen-bond acceptors (Lipinski definition) is 3. The van der Waals surface area contributed by atoms with E-state index in [9.17, 15) is 13.6 Å². The Kier molecular flexibility index (Phi) is 3.82. The second-order valence-corrected chi connectivity index (χ2v) is 7.04. The lowest BCUT2D eigenvalue weighted by atomic mass is 10.2. The lowest BCUT2D eigenvalue weighted by Crippen LogP contribution is -2.26. The number of nitrogens with zero attached hydrogens (tertiary/aromatic N) is 4. The Morgan fingerprint density at radius 1 is 0.964 bits per heavy atom. The van der Waals surface area contributed by atoms with Crippen LogP contribution in [0.2, 0.25) is 0 Å². The summed E-state index contributed by atoms with van der Waals surface area (Å²) < 4.78 is 29.4. The highest BCUT2D eigenvalue weighted by atomic mass is 19.1. The summed E-state index contributed by atoms with van der Waals surface area (Å²) in [4.78, 5) is 13.2. The Balaban J connectivity index is 1.69. The third kappa shape index (κ3) is 2.89. The zero-order valence-corrected chi connectivity index (χ0v) is 14.8. The lowest BCUT2D eigenvalue weighted by Gasteiger charge is -2.10. The average Bonchev–Trinajstić information content (AvgIpc) is 3.44. The van der Waals surface area contributed by atoms with Crippen molar-refractivity contribution >= 4 is 10.9 Å². The summed E-state index contributed by atoms with van der Waals surface area (Å²) in [5, 5.41) is 9.71. The van der Waals surface area contributed by atoms with Gasteiger partial charge >= 0.3 is 0 Å². The smallest absolute Gasteiger partial charge is 0.265 e. The van der Waals surface area contributed by atoms with E-state index < -0.39 is 0 Å². The maximum absolute atomic E-state index is 13.3. The minimum atomic E-state index is -0.353. The Hall–Kier alpha value is -3.35. The SMILES string of the molecule is O=c1c2c(cnn2-c2ccc(F)cc2)c(C2CC2)nn1Cc1ccc(F)cc1. The predicted octanol–water partition coefficient (Wildman–Crippen LogP) is 3.79. The van der Waals surface area contributed by atoms with Crippen molar-refractivity contribution in [3.05, 3.63) is 88.0 Å². The first kappa shape index (κ1) is 16.8. The minimum Gasteiger partial charge on any atom is -0.265 e. The molecule has 0 unspecified atom stereocenters. The molecule has 2 aromatic carbocycles. The zero-order valence-electron chi connectivity index (χ0n) is 14.8. The fourth-order valence-corrected chi connectivity index (χ4v) is 3.40. The number of hydrogen-bond donors (Lipinski definition) is 0. The molecule has 0 aliphatic heterocycles. The van der Waals surface area contributed by atoms with Crippen LogP contribution in [-0.4, -0.2) is 19.6 Å². The molecule has 0 saturated heterocycles. The van der Waals surface area contributed by atoms with Crippen molar-refractivity contribution < 1.29 is 8.78 Å². The molecule has 140 valence electrons. The van der Waals surface area contributed by atoms with Gasteiger partial charge in [0.1, 0.15) is 17.2 Å². The molecule has 0 N–H and O–H groups in total. The van der Waals surface area contributed by atoms with Crippen LogP contribution in [-0.2, 0) is 6.54 Å². The molecule has 4 aromatic rings. The van der Waals surface area contributed by atoms with E-state index in [0.29, 0.717) is 17.1 Å². The molecule has 1 aliphatic carbocycles. The van der Waals surface area contributed by atoms with E-state index in [4.69, 9.17) is 0 Å². The summed E-state index contributed by atoms with van der Waals surface area (Å²) in [5.41, 5.74) is 2.38. The van der Waals surface area contributed by atoms with E-state index in [1.54, 1.807) is 30.5 Å². The van der Waals surface area contributed by atoms with E-state index in [1.165, 1.54) is 33.6 Å². The first-order valence-electron chi connectivity index (χ1n) is 9.09. The van der Waals surface area contributed by atoms with Gasteiger partial charge in [-0.1, -0.05) is 12.1 Å². The normalized spacial score (nSPS) is 13.9. The Labute approximate surface area is 158 Å². The molecular formula is C21H16F2N4O. The molecule has 0 bridgehead atoms. The largest absolute Gasteiger partial charge is 0.293 e. The molecule has 0 amide bonds. The molecule has 5 nitrogen and oxygen atoms in total. The maximum Gasteiger partial charge on any atom is 0.293 e. The summed E-state index contributed by atoms with van der Waals surface area (Å²) >= 11 is 0. The van der Waals surface area contributed by atoms with E-state index in [-0.39, 0.29) is 23.7 Å². The number of rotatable bonds is 4. The van der Waals surface area contributed by atoms with E-state index in [0.717, 1.165) is 29.5 Å². The van der Waals surface area contributed by atoms with Crippen molar-refractivity contribution in [3.8, 4) is 5.69 Å². The topological polar surface area (TPSA) is 52.7 Å². The quantitative estimate of drug-likeness (QED) is 0.543. The van der Waals surface area contributed by atoms with Crippen molar-refractivity contribution in [2.45, 2.75) is 25.3 Å². The van der Waals surface area contributed by atoms with Gasteiger partial charge in [0.25, 0.3) is 5.56 Å². The van der Waals surface area contributed by atoms with Gasteiger partial charge in [0.15, 0.2) is 0 Å². The molecule has 1 saturated carbocycles. The third-order valence-corrected chi connectivity index (χ3v) is 4.99. The number of aromatic nitrogens is 4. The summed E-state index contributed by atoms with van der Waals surface area (Å²) in [7, 11) is 0. The van der Waals surface area contributed by atoms with Crippen LogP contribution in [0.4, 0.5) is 8.78 Å². The van der Waals surface area contributed by atoms with Crippen LogP contribution in [0, 0.1) is 11.6 Å². The molecular weight excluding hydrogens is 362 g/mol. The van der Waals surface area contributed by atoms with Crippen LogP contribution < -0.4 is 5.56 Å². The van der Waals surface area contributed by atoms with Crippen molar-refractivity contribution in [3.63, 3.8) is 0 Å². The highest BCUT2D eigenvalue weighted by Crippen LogP contribution is 2.41. The summed E-state index contributed by atoms with van der Waals surface area (Å²) in [6.45, 7) is 0.239. The average molecular weight is 378 g/mol. The second-order valence-electron chi connectivity index (χ2n) is 7.04. The molecule has 1 fully saturated rings. The second kappa shape index (κ2) is 6.37. The van der Waals surface area contributed by atoms with Gasteiger partial charge < -0.3 is 0 Å². The van der Waals surface area contributed by atoms with Crippen LogP contribution >= 0.6 is 0 Å². The van der Waals surface area contributed by atoms with E-state index in [1.807, 2.05) is 0 Å². The zero-order chi connectivity index (χ0) is 19.3. The van der Waals surface area contributed by atoms with Crippen molar-refractivity contribution in [1.29, 1.82) is 0 Å². The lowest BCUT2D eigenvalue weighted by molar-refractivity contribution is 0.614. The molecule has 2 heterocycles. The van der Waals surface area contributed by atoms with Crippen LogP contribution in [0.15, 0.2) is 59.5 Å². The van der Waals surface area contributed by atoms with Gasteiger partial charge in [0.2, 0.25) is 0 Å². The fraction of sp³-hybridized carbons (Fsp3) is 0.190. The van der Waals surface area contributed by atoms with Crippen molar-refractivity contribution in [2.24, 2.45) is 0 Å². The monoisotopic (exact) mass is 378 g/mol. The number of benzene rings is 2. The molecule has 0 atom stereocenters. The number of halogens is 2. The van der Waals surface area contributed by atoms with Crippen LogP contribution in [0.3, 0.4) is 0 Å². The summed E-state index contributed by atoms with van der Waals surface area (Å²) in [6.07, 6.45) is 3.71. The molecule has 0 radical (unpaired) electrons. The molecule has 2 aromatic heterocycles. The molecule has 5 rings (SSSR count). The standard InChI is InChI=1S/C21H16F2N4O/c22-15-5-1-13(2-6-15)12-26-21(28)20-18(19(25-26)14-3-4-14)11-24-27(20)17-9-7-16(23)8-10-17/h1-2,5-11,14H,3-4,12H2. The maximum atomic E-state index is 13.3. The highest BCUT2D eigenvalue weighted by molar-refractivity contribution is 5.82. The first-order chi connectivity index (χ1) is 13.6. The Morgan fingerprint density at radius 2 is 1.61 bits per heavy atom. The minimum absolute atomic E-state index is 0.239. The van der Waals surface area contributed by atoms with Gasteiger partial charge in [-0.3, -0.25) is 4.79 Å². The highest BCUT2D eigenvalue weighted by Gasteiger charge is 2.30.